The van der Waals surface area contributed by atoms with Crippen molar-refractivity contribution in [2.75, 3.05) is 22.7 Å². The van der Waals surface area contributed by atoms with Crippen molar-refractivity contribution < 1.29 is 12.8 Å². The monoisotopic (exact) mass is 366 g/mol. The largest absolute Gasteiger partial charge is 0.355 e. The Bertz CT molecular complexity index is 804. The summed E-state index contributed by atoms with van der Waals surface area (Å²) in [5.74, 6) is 0.387. The number of hydrogen-bond donors (Lipinski definition) is 1. The number of hydrogen-bond acceptors (Lipinski definition) is 5. The van der Waals surface area contributed by atoms with Crippen molar-refractivity contribution in [3.8, 4) is 0 Å². The molecular formula is C17H23FN4O2S. The van der Waals surface area contributed by atoms with E-state index in [4.69, 9.17) is 0 Å². The molecule has 0 unspecified atom stereocenters. The number of aromatic nitrogens is 2. The first-order valence-electron chi connectivity index (χ1n) is 8.25. The van der Waals surface area contributed by atoms with Gasteiger partial charge in [-0.05, 0) is 55.7 Å². The fourth-order valence-electron chi connectivity index (χ4n) is 2.41. The summed E-state index contributed by atoms with van der Waals surface area (Å²) >= 11 is 0. The molecule has 0 aliphatic rings. The minimum Gasteiger partial charge on any atom is -0.355 e. The van der Waals surface area contributed by atoms with Crippen LogP contribution >= 0.6 is 0 Å². The van der Waals surface area contributed by atoms with Crippen molar-refractivity contribution in [3.63, 3.8) is 0 Å². The molecule has 25 heavy (non-hydrogen) atoms. The molecule has 0 atom stereocenters. The SMILES string of the molecule is CCCN(CCC)c1ccc(NS(=O)(=O)c2ccc(F)c(C)c2)nn1. The maximum absolute atomic E-state index is 13.3. The van der Waals surface area contributed by atoms with Gasteiger partial charge in [-0.3, -0.25) is 4.72 Å². The Kier molecular flexibility index (Phi) is 6.30. The number of aryl methyl sites for hydroxylation is 1. The van der Waals surface area contributed by atoms with Crippen LogP contribution in [0.25, 0.3) is 0 Å². The molecule has 0 saturated heterocycles. The highest BCUT2D eigenvalue weighted by molar-refractivity contribution is 7.92. The maximum Gasteiger partial charge on any atom is 0.263 e. The van der Waals surface area contributed by atoms with E-state index in [0.29, 0.717) is 5.82 Å². The number of anilines is 2. The van der Waals surface area contributed by atoms with Crippen LogP contribution in [-0.2, 0) is 10.0 Å². The smallest absolute Gasteiger partial charge is 0.263 e. The molecule has 0 spiro atoms. The van der Waals surface area contributed by atoms with E-state index in [1.807, 2.05) is 0 Å². The highest BCUT2D eigenvalue weighted by atomic mass is 32.2. The molecular weight excluding hydrogens is 343 g/mol. The van der Waals surface area contributed by atoms with Gasteiger partial charge in [0.15, 0.2) is 11.6 Å². The van der Waals surface area contributed by atoms with Crippen molar-refractivity contribution in [2.24, 2.45) is 0 Å². The lowest BCUT2D eigenvalue weighted by Crippen LogP contribution is -2.26. The Morgan fingerprint density at radius 1 is 1.08 bits per heavy atom. The molecule has 1 aromatic heterocycles. The Morgan fingerprint density at radius 3 is 2.28 bits per heavy atom. The molecule has 1 heterocycles. The molecule has 1 N–H and O–H groups in total. The average molecular weight is 366 g/mol. The fraction of sp³-hybridized carbons (Fsp3) is 0.412. The molecule has 0 aliphatic carbocycles. The Balaban J connectivity index is 2.18. The zero-order valence-corrected chi connectivity index (χ0v) is 15.5. The van der Waals surface area contributed by atoms with Crippen molar-refractivity contribution in [3.05, 3.63) is 41.7 Å². The van der Waals surface area contributed by atoms with Crippen LogP contribution in [0.3, 0.4) is 0 Å². The summed E-state index contributed by atoms with van der Waals surface area (Å²) in [4.78, 5) is 2.09. The summed E-state index contributed by atoms with van der Waals surface area (Å²) in [6.45, 7) is 7.41. The van der Waals surface area contributed by atoms with Gasteiger partial charge in [-0.1, -0.05) is 13.8 Å². The number of benzene rings is 1. The van der Waals surface area contributed by atoms with Gasteiger partial charge in [-0.2, -0.15) is 0 Å². The highest BCUT2D eigenvalue weighted by Gasteiger charge is 2.17. The van der Waals surface area contributed by atoms with E-state index in [1.165, 1.54) is 19.1 Å². The van der Waals surface area contributed by atoms with E-state index in [9.17, 15) is 12.8 Å². The number of sulfonamides is 1. The molecule has 0 radical (unpaired) electrons. The fourth-order valence-corrected chi connectivity index (χ4v) is 3.49. The number of nitrogens with one attached hydrogen (secondary N) is 1. The first-order valence-corrected chi connectivity index (χ1v) is 9.73. The van der Waals surface area contributed by atoms with Crippen LogP contribution in [0.4, 0.5) is 16.0 Å². The van der Waals surface area contributed by atoms with Gasteiger partial charge in [0.25, 0.3) is 10.0 Å². The lowest BCUT2D eigenvalue weighted by atomic mass is 10.2. The molecule has 1 aromatic carbocycles. The summed E-state index contributed by atoms with van der Waals surface area (Å²) in [6, 6.07) is 6.95. The van der Waals surface area contributed by atoms with Crippen molar-refractivity contribution in [2.45, 2.75) is 38.5 Å². The predicted molar refractivity (Wildman–Crippen MR) is 96.8 cm³/mol. The van der Waals surface area contributed by atoms with Gasteiger partial charge >= 0.3 is 0 Å². The molecule has 0 aliphatic heterocycles. The lowest BCUT2D eigenvalue weighted by molar-refractivity contribution is 0.598. The average Bonchev–Trinajstić information content (AvgIpc) is 2.57. The van der Waals surface area contributed by atoms with E-state index < -0.39 is 15.8 Å². The van der Waals surface area contributed by atoms with E-state index >= 15 is 0 Å². The second kappa shape index (κ2) is 8.24. The van der Waals surface area contributed by atoms with Crippen LogP contribution in [-0.4, -0.2) is 31.7 Å². The van der Waals surface area contributed by atoms with E-state index in [1.54, 1.807) is 12.1 Å². The molecule has 6 nitrogen and oxygen atoms in total. The Hall–Kier alpha value is -2.22. The first kappa shape index (κ1) is 19.1. The third-order valence-electron chi connectivity index (χ3n) is 3.64. The van der Waals surface area contributed by atoms with Crippen molar-refractivity contribution in [1.29, 1.82) is 0 Å². The van der Waals surface area contributed by atoms with Crippen LogP contribution in [0, 0.1) is 12.7 Å². The standard InChI is InChI=1S/C17H23FN4O2S/c1-4-10-22(11-5-2)17-9-8-16(19-20-17)21-25(23,24)14-6-7-15(18)13(3)12-14/h6-9,12H,4-5,10-11H2,1-3H3,(H,19,21). The third kappa shape index (κ3) is 4.88. The third-order valence-corrected chi connectivity index (χ3v) is 4.99. The highest BCUT2D eigenvalue weighted by Crippen LogP contribution is 2.18. The summed E-state index contributed by atoms with van der Waals surface area (Å²) in [7, 11) is -3.84. The minimum absolute atomic E-state index is 0.0177. The molecule has 0 saturated carbocycles. The lowest BCUT2D eigenvalue weighted by Gasteiger charge is -2.21. The number of nitrogens with zero attached hydrogens (tertiary/aromatic N) is 3. The maximum atomic E-state index is 13.3. The van der Waals surface area contributed by atoms with Gasteiger partial charge in [0.2, 0.25) is 0 Å². The molecule has 0 fully saturated rings. The number of halogens is 1. The molecule has 2 aromatic rings. The van der Waals surface area contributed by atoms with Crippen LogP contribution in [0.15, 0.2) is 35.2 Å². The van der Waals surface area contributed by atoms with E-state index in [0.717, 1.165) is 32.0 Å². The molecule has 8 heteroatoms. The second-order valence-electron chi connectivity index (χ2n) is 5.78. The zero-order chi connectivity index (χ0) is 18.4. The Labute approximate surface area is 148 Å². The van der Waals surface area contributed by atoms with Gasteiger partial charge in [-0.25, -0.2) is 12.8 Å². The van der Waals surface area contributed by atoms with Crippen LogP contribution in [0.5, 0.6) is 0 Å². The summed E-state index contributed by atoms with van der Waals surface area (Å²) < 4.78 is 40.4. The van der Waals surface area contributed by atoms with Gasteiger partial charge in [0, 0.05) is 13.1 Å². The van der Waals surface area contributed by atoms with Crippen LogP contribution in [0.2, 0.25) is 0 Å². The van der Waals surface area contributed by atoms with Crippen molar-refractivity contribution in [1.82, 2.24) is 10.2 Å². The normalized spacial score (nSPS) is 11.4. The van der Waals surface area contributed by atoms with Crippen LogP contribution < -0.4 is 9.62 Å². The van der Waals surface area contributed by atoms with Gasteiger partial charge in [0.1, 0.15) is 5.82 Å². The van der Waals surface area contributed by atoms with Gasteiger partial charge in [0.05, 0.1) is 4.90 Å². The molecule has 136 valence electrons. The summed E-state index contributed by atoms with van der Waals surface area (Å²) in [5.41, 5.74) is 0.263. The summed E-state index contributed by atoms with van der Waals surface area (Å²) in [5, 5.41) is 8.07. The quantitative estimate of drug-likeness (QED) is 0.775. The van der Waals surface area contributed by atoms with E-state index in [2.05, 4.69) is 33.7 Å². The Morgan fingerprint density at radius 2 is 1.76 bits per heavy atom. The topological polar surface area (TPSA) is 75.2 Å². The molecule has 0 amide bonds. The first-order chi connectivity index (χ1) is 11.9. The van der Waals surface area contributed by atoms with Gasteiger partial charge in [-0.15, -0.1) is 10.2 Å². The minimum atomic E-state index is -3.84. The number of rotatable bonds is 8. The zero-order valence-electron chi connectivity index (χ0n) is 14.7. The van der Waals surface area contributed by atoms with Crippen molar-refractivity contribution >= 4 is 21.7 Å². The van der Waals surface area contributed by atoms with Crippen LogP contribution in [0.1, 0.15) is 32.3 Å². The van der Waals surface area contributed by atoms with Gasteiger partial charge < -0.3 is 4.90 Å². The second-order valence-corrected chi connectivity index (χ2v) is 7.46. The van der Waals surface area contributed by atoms with E-state index in [-0.39, 0.29) is 16.3 Å². The molecule has 2 rings (SSSR count). The molecule has 0 bridgehead atoms. The predicted octanol–water partition coefficient (Wildman–Crippen LogP) is 3.35. The summed E-state index contributed by atoms with van der Waals surface area (Å²) in [6.07, 6.45) is 1.97.